The third-order valence-electron chi connectivity index (χ3n) is 4.07. The van der Waals surface area contributed by atoms with Crippen molar-refractivity contribution < 1.29 is 4.79 Å². The average molecular weight is 376 g/mol. The molecule has 2 N–H and O–H groups in total. The first-order chi connectivity index (χ1) is 9.61. The van der Waals surface area contributed by atoms with Gasteiger partial charge in [0.15, 0.2) is 0 Å². The van der Waals surface area contributed by atoms with Gasteiger partial charge < -0.3 is 10.6 Å². The number of hydrogen-bond donors (Lipinski definition) is 1. The second-order valence-electron chi connectivity index (χ2n) is 5.56. The van der Waals surface area contributed by atoms with Crippen LogP contribution in [0.1, 0.15) is 36.8 Å². The summed E-state index contributed by atoms with van der Waals surface area (Å²) >= 11 is 3.50. The van der Waals surface area contributed by atoms with Gasteiger partial charge in [0.2, 0.25) is 5.91 Å². The predicted octanol–water partition coefficient (Wildman–Crippen LogP) is 3.45. The van der Waals surface area contributed by atoms with Crippen molar-refractivity contribution in [2.24, 2.45) is 5.73 Å². The van der Waals surface area contributed by atoms with Crippen LogP contribution >= 0.6 is 28.3 Å². The number of nitrogens with zero attached hydrogens (tertiary/aromatic N) is 1. The van der Waals surface area contributed by atoms with Crippen molar-refractivity contribution in [3.05, 3.63) is 33.8 Å². The van der Waals surface area contributed by atoms with Gasteiger partial charge in [0.25, 0.3) is 0 Å². The lowest BCUT2D eigenvalue weighted by Gasteiger charge is -2.35. The third-order valence-corrected chi connectivity index (χ3v) is 4.96. The summed E-state index contributed by atoms with van der Waals surface area (Å²) in [6.07, 6.45) is 4.75. The van der Waals surface area contributed by atoms with E-state index < -0.39 is 0 Å². The smallest absolute Gasteiger partial charge is 0.223 e. The molecule has 1 aliphatic rings. The Labute approximate surface area is 141 Å². The molecule has 0 bridgehead atoms. The van der Waals surface area contributed by atoms with Crippen molar-refractivity contribution in [2.75, 3.05) is 13.1 Å². The minimum Gasteiger partial charge on any atom is -0.338 e. The van der Waals surface area contributed by atoms with Crippen molar-refractivity contribution in [1.29, 1.82) is 0 Å². The van der Waals surface area contributed by atoms with E-state index >= 15 is 0 Å². The second-order valence-corrected chi connectivity index (χ2v) is 6.41. The Kier molecular flexibility index (Phi) is 7.71. The standard InChI is InChI=1S/C16H23BrN2O.ClH/c1-12-10-13(5-7-15(12)17)6-8-16(20)19-9-3-2-4-14(19)11-18;/h5,7,10,14H,2-4,6,8-9,11,18H2,1H3;1H. The van der Waals surface area contributed by atoms with Gasteiger partial charge in [-0.05, 0) is 49.8 Å². The maximum Gasteiger partial charge on any atom is 0.223 e. The molecule has 21 heavy (non-hydrogen) atoms. The molecule has 1 aromatic rings. The first-order valence-corrected chi connectivity index (χ1v) is 8.15. The van der Waals surface area contributed by atoms with E-state index in [1.807, 2.05) is 4.90 Å². The van der Waals surface area contributed by atoms with Crippen molar-refractivity contribution in [3.8, 4) is 0 Å². The SMILES string of the molecule is Cc1cc(CCC(=O)N2CCCCC2CN)ccc1Br.Cl. The van der Waals surface area contributed by atoms with Gasteiger partial charge in [-0.25, -0.2) is 0 Å². The molecular formula is C16H24BrClN2O. The second kappa shape index (κ2) is 8.76. The summed E-state index contributed by atoms with van der Waals surface area (Å²) in [4.78, 5) is 14.3. The molecule has 0 spiro atoms. The maximum absolute atomic E-state index is 12.4. The van der Waals surface area contributed by atoms with Crippen LogP contribution in [0.15, 0.2) is 22.7 Å². The zero-order valence-electron chi connectivity index (χ0n) is 12.5. The number of aryl methyl sites for hydroxylation is 2. The molecule has 118 valence electrons. The molecule has 5 heteroatoms. The number of benzene rings is 1. The van der Waals surface area contributed by atoms with Crippen LogP contribution in [0, 0.1) is 6.92 Å². The number of hydrogen-bond acceptors (Lipinski definition) is 2. The topological polar surface area (TPSA) is 46.3 Å². The van der Waals surface area contributed by atoms with Crippen molar-refractivity contribution in [1.82, 2.24) is 4.90 Å². The summed E-state index contributed by atoms with van der Waals surface area (Å²) in [7, 11) is 0. The average Bonchev–Trinajstić information content (AvgIpc) is 2.48. The van der Waals surface area contributed by atoms with Gasteiger partial charge in [-0.3, -0.25) is 4.79 Å². The van der Waals surface area contributed by atoms with E-state index in [-0.39, 0.29) is 24.4 Å². The molecule has 1 unspecified atom stereocenters. The molecule has 1 amide bonds. The number of carbonyl (C=O) groups excluding carboxylic acids is 1. The molecular weight excluding hydrogens is 352 g/mol. The lowest BCUT2D eigenvalue weighted by Crippen LogP contribution is -2.47. The summed E-state index contributed by atoms with van der Waals surface area (Å²) in [5, 5.41) is 0. The Morgan fingerprint density at radius 3 is 2.86 bits per heavy atom. The molecule has 0 aliphatic carbocycles. The Balaban J connectivity index is 0.00000220. The summed E-state index contributed by atoms with van der Waals surface area (Å²) in [6.45, 7) is 3.54. The Hall–Kier alpha value is -0.580. The zero-order chi connectivity index (χ0) is 14.5. The quantitative estimate of drug-likeness (QED) is 0.876. The van der Waals surface area contributed by atoms with E-state index in [1.165, 1.54) is 17.5 Å². The fraction of sp³-hybridized carbons (Fsp3) is 0.562. The number of amides is 1. The van der Waals surface area contributed by atoms with Crippen molar-refractivity contribution >= 4 is 34.2 Å². The zero-order valence-corrected chi connectivity index (χ0v) is 14.9. The maximum atomic E-state index is 12.4. The highest BCUT2D eigenvalue weighted by molar-refractivity contribution is 9.10. The van der Waals surface area contributed by atoms with E-state index in [9.17, 15) is 4.79 Å². The Morgan fingerprint density at radius 2 is 2.19 bits per heavy atom. The van der Waals surface area contributed by atoms with Crippen LogP contribution in [-0.2, 0) is 11.2 Å². The van der Waals surface area contributed by atoms with Crippen LogP contribution in [-0.4, -0.2) is 29.9 Å². The third kappa shape index (κ3) is 4.97. The van der Waals surface area contributed by atoms with Gasteiger partial charge in [-0.1, -0.05) is 28.1 Å². The lowest BCUT2D eigenvalue weighted by atomic mass is 10.0. The first kappa shape index (κ1) is 18.5. The summed E-state index contributed by atoms with van der Waals surface area (Å²) < 4.78 is 1.12. The molecule has 3 nitrogen and oxygen atoms in total. The molecule has 1 aliphatic heterocycles. The Morgan fingerprint density at radius 1 is 1.43 bits per heavy atom. The van der Waals surface area contributed by atoms with Gasteiger partial charge >= 0.3 is 0 Å². The highest BCUT2D eigenvalue weighted by Crippen LogP contribution is 2.20. The van der Waals surface area contributed by atoms with Gasteiger partial charge in [0.1, 0.15) is 0 Å². The van der Waals surface area contributed by atoms with E-state index in [0.29, 0.717) is 13.0 Å². The van der Waals surface area contributed by atoms with E-state index in [2.05, 4.69) is 41.1 Å². The molecule has 2 rings (SSSR count). The van der Waals surface area contributed by atoms with Crippen molar-refractivity contribution in [2.45, 2.75) is 45.1 Å². The van der Waals surface area contributed by atoms with Crippen LogP contribution < -0.4 is 5.73 Å². The molecule has 1 aromatic carbocycles. The van der Waals surface area contributed by atoms with Crippen LogP contribution in [0.4, 0.5) is 0 Å². The van der Waals surface area contributed by atoms with Gasteiger partial charge in [0.05, 0.1) is 0 Å². The number of rotatable bonds is 4. The normalized spacial score (nSPS) is 18.2. The molecule has 0 saturated carbocycles. The summed E-state index contributed by atoms with van der Waals surface area (Å²) in [6, 6.07) is 6.54. The molecule has 0 aromatic heterocycles. The van der Waals surface area contributed by atoms with Crippen LogP contribution in [0.5, 0.6) is 0 Å². The fourth-order valence-electron chi connectivity index (χ4n) is 2.83. The number of likely N-dealkylation sites (tertiary alicyclic amines) is 1. The lowest BCUT2D eigenvalue weighted by molar-refractivity contribution is -0.134. The number of piperidine rings is 1. The molecule has 1 heterocycles. The van der Waals surface area contributed by atoms with Gasteiger partial charge in [0, 0.05) is 30.0 Å². The molecule has 1 saturated heterocycles. The fourth-order valence-corrected chi connectivity index (χ4v) is 3.08. The minimum absolute atomic E-state index is 0. The van der Waals surface area contributed by atoms with Gasteiger partial charge in [-0.2, -0.15) is 0 Å². The van der Waals surface area contributed by atoms with Crippen LogP contribution in [0.2, 0.25) is 0 Å². The summed E-state index contributed by atoms with van der Waals surface area (Å²) in [5.41, 5.74) is 8.21. The number of nitrogens with two attached hydrogens (primary N) is 1. The van der Waals surface area contributed by atoms with E-state index in [0.717, 1.165) is 30.3 Å². The van der Waals surface area contributed by atoms with Crippen LogP contribution in [0.3, 0.4) is 0 Å². The molecule has 1 atom stereocenters. The van der Waals surface area contributed by atoms with Crippen LogP contribution in [0.25, 0.3) is 0 Å². The highest BCUT2D eigenvalue weighted by Gasteiger charge is 2.24. The largest absolute Gasteiger partial charge is 0.338 e. The molecule has 1 fully saturated rings. The summed E-state index contributed by atoms with van der Waals surface area (Å²) in [5.74, 6) is 0.251. The molecule has 0 radical (unpaired) electrons. The first-order valence-electron chi connectivity index (χ1n) is 7.36. The van der Waals surface area contributed by atoms with Crippen molar-refractivity contribution in [3.63, 3.8) is 0 Å². The monoisotopic (exact) mass is 374 g/mol. The van der Waals surface area contributed by atoms with Gasteiger partial charge in [-0.15, -0.1) is 12.4 Å². The Bertz CT molecular complexity index is 481. The predicted molar refractivity (Wildman–Crippen MR) is 92.9 cm³/mol. The number of halogens is 2. The highest BCUT2D eigenvalue weighted by atomic mass is 79.9. The minimum atomic E-state index is 0. The van der Waals surface area contributed by atoms with E-state index in [1.54, 1.807) is 0 Å². The number of carbonyl (C=O) groups is 1. The van der Waals surface area contributed by atoms with E-state index in [4.69, 9.17) is 5.73 Å².